The maximum atomic E-state index is 12.2. The zero-order valence-electron chi connectivity index (χ0n) is 16.9. The molecule has 3 aromatic rings. The van der Waals surface area contributed by atoms with Crippen molar-refractivity contribution in [3.8, 4) is 0 Å². The van der Waals surface area contributed by atoms with Gasteiger partial charge in [0.05, 0.1) is 12.2 Å². The van der Waals surface area contributed by atoms with Gasteiger partial charge in [-0.05, 0) is 67.4 Å². The molecule has 154 valence electrons. The van der Waals surface area contributed by atoms with E-state index >= 15 is 0 Å². The molecule has 2 amide bonds. The van der Waals surface area contributed by atoms with Gasteiger partial charge < -0.3 is 10.6 Å². The van der Waals surface area contributed by atoms with Gasteiger partial charge in [-0.1, -0.05) is 41.4 Å². The van der Waals surface area contributed by atoms with Crippen LogP contribution in [0.5, 0.6) is 0 Å². The van der Waals surface area contributed by atoms with Crippen LogP contribution < -0.4 is 10.6 Å². The fourth-order valence-electron chi connectivity index (χ4n) is 2.92. The number of halogens is 1. The number of nitrogens with one attached hydrogen (secondary N) is 2. The van der Waals surface area contributed by atoms with E-state index in [9.17, 15) is 9.59 Å². The van der Waals surface area contributed by atoms with Crippen LogP contribution in [-0.2, 0) is 16.0 Å². The molecule has 6 heteroatoms. The lowest BCUT2D eigenvalue weighted by molar-refractivity contribution is -0.115. The number of rotatable bonds is 7. The summed E-state index contributed by atoms with van der Waals surface area (Å²) in [4.78, 5) is 25.4. The van der Waals surface area contributed by atoms with Gasteiger partial charge in [-0.3, -0.25) is 9.59 Å². The molecule has 3 rings (SSSR count). The Balaban J connectivity index is 1.47. The third-order valence-corrected chi connectivity index (χ3v) is 5.71. The summed E-state index contributed by atoms with van der Waals surface area (Å²) in [5.41, 5.74) is 4.68. The normalized spacial score (nSPS) is 10.5. The van der Waals surface area contributed by atoms with Crippen molar-refractivity contribution >= 4 is 46.6 Å². The molecule has 3 aromatic carbocycles. The third kappa shape index (κ3) is 6.65. The lowest BCUT2D eigenvalue weighted by atomic mass is 10.1. The van der Waals surface area contributed by atoms with Gasteiger partial charge >= 0.3 is 0 Å². The van der Waals surface area contributed by atoms with Crippen LogP contribution in [0, 0.1) is 13.8 Å². The highest BCUT2D eigenvalue weighted by molar-refractivity contribution is 8.00. The first kappa shape index (κ1) is 21.9. The number of anilines is 2. The second-order valence-corrected chi connectivity index (χ2v) is 8.52. The lowest BCUT2D eigenvalue weighted by Gasteiger charge is -2.09. The van der Waals surface area contributed by atoms with Crippen molar-refractivity contribution in [3.05, 3.63) is 88.4 Å². The molecular formula is C24H23ClN2O2S. The van der Waals surface area contributed by atoms with E-state index in [4.69, 9.17) is 11.6 Å². The van der Waals surface area contributed by atoms with Gasteiger partial charge in [0.2, 0.25) is 11.8 Å². The largest absolute Gasteiger partial charge is 0.326 e. The quantitative estimate of drug-likeness (QED) is 0.453. The van der Waals surface area contributed by atoms with Crippen molar-refractivity contribution in [2.45, 2.75) is 25.2 Å². The second kappa shape index (κ2) is 10.3. The highest BCUT2D eigenvalue weighted by Gasteiger charge is 2.07. The van der Waals surface area contributed by atoms with Gasteiger partial charge in [0, 0.05) is 21.3 Å². The summed E-state index contributed by atoms with van der Waals surface area (Å²) in [5, 5.41) is 6.47. The highest BCUT2D eigenvalue weighted by Crippen LogP contribution is 2.22. The van der Waals surface area contributed by atoms with Crippen molar-refractivity contribution in [2.24, 2.45) is 0 Å². The number of benzene rings is 3. The van der Waals surface area contributed by atoms with Crippen LogP contribution in [0.15, 0.2) is 71.6 Å². The van der Waals surface area contributed by atoms with Crippen LogP contribution in [0.2, 0.25) is 5.02 Å². The predicted octanol–water partition coefficient (Wildman–Crippen LogP) is 5.87. The summed E-state index contributed by atoms with van der Waals surface area (Å²) in [5.74, 6) is 0.174. The fourth-order valence-corrected chi connectivity index (χ4v) is 3.74. The molecule has 0 spiro atoms. The average molecular weight is 439 g/mol. The van der Waals surface area contributed by atoms with Crippen LogP contribution in [0.4, 0.5) is 11.4 Å². The Morgan fingerprint density at radius 2 is 1.57 bits per heavy atom. The average Bonchev–Trinajstić information content (AvgIpc) is 2.71. The number of hydrogen-bond donors (Lipinski definition) is 2. The number of amides is 2. The van der Waals surface area contributed by atoms with Crippen LogP contribution in [0.1, 0.15) is 16.7 Å². The Kier molecular flexibility index (Phi) is 7.55. The summed E-state index contributed by atoms with van der Waals surface area (Å²) in [6.45, 7) is 4.01. The summed E-state index contributed by atoms with van der Waals surface area (Å²) in [7, 11) is 0. The molecule has 0 saturated carbocycles. The minimum atomic E-state index is -0.0921. The molecular weight excluding hydrogens is 416 g/mol. The number of carbonyl (C=O) groups excluding carboxylic acids is 2. The van der Waals surface area contributed by atoms with Gasteiger partial charge in [0.25, 0.3) is 0 Å². The van der Waals surface area contributed by atoms with Gasteiger partial charge in [-0.15, -0.1) is 11.8 Å². The topological polar surface area (TPSA) is 58.2 Å². The minimum Gasteiger partial charge on any atom is -0.326 e. The van der Waals surface area contributed by atoms with E-state index in [1.165, 1.54) is 17.3 Å². The van der Waals surface area contributed by atoms with E-state index in [2.05, 4.69) is 10.6 Å². The van der Waals surface area contributed by atoms with Gasteiger partial charge in [0.1, 0.15) is 0 Å². The molecule has 0 aliphatic heterocycles. The molecule has 0 unspecified atom stereocenters. The van der Waals surface area contributed by atoms with Crippen LogP contribution in [-0.4, -0.2) is 17.6 Å². The Morgan fingerprint density at radius 3 is 2.23 bits per heavy atom. The Bertz CT molecular complexity index is 1030. The van der Waals surface area contributed by atoms with Crippen LogP contribution in [0.3, 0.4) is 0 Å². The van der Waals surface area contributed by atoms with Crippen molar-refractivity contribution in [2.75, 3.05) is 16.4 Å². The Hall–Kier alpha value is -2.76. The number of aryl methyl sites for hydroxylation is 2. The van der Waals surface area contributed by atoms with Gasteiger partial charge in [-0.2, -0.15) is 0 Å². The van der Waals surface area contributed by atoms with E-state index in [-0.39, 0.29) is 18.2 Å². The Morgan fingerprint density at radius 1 is 0.867 bits per heavy atom. The monoisotopic (exact) mass is 438 g/mol. The zero-order chi connectivity index (χ0) is 21.5. The zero-order valence-corrected chi connectivity index (χ0v) is 18.4. The number of hydrogen-bond acceptors (Lipinski definition) is 3. The van der Waals surface area contributed by atoms with Gasteiger partial charge in [0.15, 0.2) is 0 Å². The maximum absolute atomic E-state index is 12.2. The first-order chi connectivity index (χ1) is 14.4. The molecule has 0 heterocycles. The highest BCUT2D eigenvalue weighted by atomic mass is 35.5. The minimum absolute atomic E-state index is 0.0488. The molecule has 2 N–H and O–H groups in total. The molecule has 0 aliphatic rings. The van der Waals surface area contributed by atoms with Crippen molar-refractivity contribution in [1.82, 2.24) is 0 Å². The molecule has 0 bridgehead atoms. The van der Waals surface area contributed by atoms with Crippen LogP contribution in [0.25, 0.3) is 0 Å². The summed E-state index contributed by atoms with van der Waals surface area (Å²) >= 11 is 7.31. The molecule has 0 saturated heterocycles. The van der Waals surface area contributed by atoms with Crippen LogP contribution >= 0.6 is 23.4 Å². The smallest absolute Gasteiger partial charge is 0.234 e. The molecule has 0 aliphatic carbocycles. The second-order valence-electron chi connectivity index (χ2n) is 7.03. The summed E-state index contributed by atoms with van der Waals surface area (Å²) < 4.78 is 0. The molecule has 30 heavy (non-hydrogen) atoms. The standard InChI is InChI=1S/C24H23ClN2O2S/c1-16-3-12-22(17(2)13-16)27-24(29)15-30-21-10-8-20(9-11-21)26-23(28)14-18-4-6-19(25)7-5-18/h3-13H,14-15H2,1-2H3,(H,26,28)(H,27,29). The molecule has 0 radical (unpaired) electrons. The van der Waals surface area contributed by atoms with E-state index in [1.807, 2.05) is 68.4 Å². The summed E-state index contributed by atoms with van der Waals surface area (Å²) in [6.07, 6.45) is 0.284. The molecule has 4 nitrogen and oxygen atoms in total. The predicted molar refractivity (Wildman–Crippen MR) is 125 cm³/mol. The van der Waals surface area contributed by atoms with E-state index in [0.29, 0.717) is 10.8 Å². The Labute approximate surface area is 186 Å². The number of carbonyl (C=O) groups is 2. The summed E-state index contributed by atoms with van der Waals surface area (Å²) in [6, 6.07) is 20.6. The van der Waals surface area contributed by atoms with Crippen molar-refractivity contribution < 1.29 is 9.59 Å². The van der Waals surface area contributed by atoms with E-state index in [0.717, 1.165) is 27.4 Å². The molecule has 0 atom stereocenters. The molecule has 0 aromatic heterocycles. The SMILES string of the molecule is Cc1ccc(NC(=O)CSc2ccc(NC(=O)Cc3ccc(Cl)cc3)cc2)c(C)c1. The first-order valence-electron chi connectivity index (χ1n) is 9.53. The molecule has 0 fully saturated rings. The van der Waals surface area contributed by atoms with Crippen molar-refractivity contribution in [1.29, 1.82) is 0 Å². The van der Waals surface area contributed by atoms with Gasteiger partial charge in [-0.25, -0.2) is 0 Å². The van der Waals surface area contributed by atoms with Crippen molar-refractivity contribution in [3.63, 3.8) is 0 Å². The fraction of sp³-hybridized carbons (Fsp3) is 0.167. The first-order valence-corrected chi connectivity index (χ1v) is 10.9. The van der Waals surface area contributed by atoms with E-state index < -0.39 is 0 Å². The number of thioether (sulfide) groups is 1. The maximum Gasteiger partial charge on any atom is 0.234 e. The lowest BCUT2D eigenvalue weighted by Crippen LogP contribution is -2.15. The van der Waals surface area contributed by atoms with E-state index in [1.54, 1.807) is 12.1 Å². The third-order valence-electron chi connectivity index (χ3n) is 4.44.